The van der Waals surface area contributed by atoms with Crippen molar-refractivity contribution >= 4 is 22.4 Å². The van der Waals surface area contributed by atoms with E-state index in [0.717, 1.165) is 43.8 Å². The molecule has 1 atom stereocenters. The summed E-state index contributed by atoms with van der Waals surface area (Å²) in [6.07, 6.45) is 7.31. The summed E-state index contributed by atoms with van der Waals surface area (Å²) < 4.78 is 12.9. The van der Waals surface area contributed by atoms with E-state index < -0.39 is 5.82 Å². The Morgan fingerprint density at radius 2 is 2.17 bits per heavy atom. The van der Waals surface area contributed by atoms with Crippen molar-refractivity contribution in [2.45, 2.75) is 32.7 Å². The number of likely N-dealkylation sites (tertiary alicyclic amines) is 1. The van der Waals surface area contributed by atoms with Crippen LogP contribution in [-0.2, 0) is 17.8 Å². The second kappa shape index (κ2) is 7.76. The van der Waals surface area contributed by atoms with E-state index in [4.69, 9.17) is 0 Å². The number of thiazole rings is 1. The maximum absolute atomic E-state index is 12.9. The summed E-state index contributed by atoms with van der Waals surface area (Å²) in [4.78, 5) is 26.9. The van der Waals surface area contributed by atoms with Crippen LogP contribution in [0.3, 0.4) is 0 Å². The minimum Gasteiger partial charge on any atom is -0.302 e. The van der Waals surface area contributed by atoms with Gasteiger partial charge in [0.05, 0.1) is 12.4 Å². The molecule has 0 spiro atoms. The number of rotatable bonds is 5. The Balaban J connectivity index is 1.54. The van der Waals surface area contributed by atoms with Gasteiger partial charge in [0.25, 0.3) is 0 Å². The smallest absolute Gasteiger partial charge is 0.223 e. The van der Waals surface area contributed by atoms with E-state index in [1.807, 2.05) is 6.20 Å². The number of piperidine rings is 1. The van der Waals surface area contributed by atoms with Crippen molar-refractivity contribution in [3.63, 3.8) is 0 Å². The van der Waals surface area contributed by atoms with Crippen molar-refractivity contribution in [2.24, 2.45) is 5.92 Å². The van der Waals surface area contributed by atoms with Crippen LogP contribution in [0.5, 0.6) is 0 Å². The van der Waals surface area contributed by atoms with Gasteiger partial charge in [0, 0.05) is 37.5 Å². The van der Waals surface area contributed by atoms with Crippen molar-refractivity contribution in [3.05, 3.63) is 35.1 Å². The van der Waals surface area contributed by atoms with E-state index in [0.29, 0.717) is 16.9 Å². The molecule has 1 saturated heterocycles. The lowest BCUT2D eigenvalue weighted by molar-refractivity contribution is -0.114. The van der Waals surface area contributed by atoms with E-state index in [2.05, 4.69) is 25.2 Å². The predicted octanol–water partition coefficient (Wildman–Crippen LogP) is 2.49. The molecule has 128 valence electrons. The Kier molecular flexibility index (Phi) is 5.47. The number of halogens is 1. The van der Waals surface area contributed by atoms with Gasteiger partial charge in [-0.1, -0.05) is 0 Å². The number of carbonyl (C=O) groups is 1. The van der Waals surface area contributed by atoms with Crippen molar-refractivity contribution in [2.75, 3.05) is 18.4 Å². The van der Waals surface area contributed by atoms with Crippen molar-refractivity contribution in [3.8, 4) is 0 Å². The Bertz CT molecular complexity index is 690. The van der Waals surface area contributed by atoms with E-state index in [1.165, 1.54) is 30.7 Å². The number of aromatic nitrogens is 3. The van der Waals surface area contributed by atoms with Gasteiger partial charge >= 0.3 is 0 Å². The van der Waals surface area contributed by atoms with Gasteiger partial charge in [-0.05, 0) is 25.3 Å². The molecule has 8 heteroatoms. The van der Waals surface area contributed by atoms with Gasteiger partial charge in [-0.2, -0.15) is 0 Å². The van der Waals surface area contributed by atoms with Crippen LogP contribution in [0.15, 0.2) is 18.6 Å². The van der Waals surface area contributed by atoms with Crippen LogP contribution in [0, 0.1) is 11.7 Å². The normalized spacial score (nSPS) is 18.5. The summed E-state index contributed by atoms with van der Waals surface area (Å²) in [5, 5.41) is 3.36. The fraction of sp³-hybridized carbons (Fsp3) is 0.500. The lowest BCUT2D eigenvalue weighted by atomic mass is 9.94. The van der Waals surface area contributed by atoms with Crippen molar-refractivity contribution in [1.82, 2.24) is 19.9 Å². The first-order chi connectivity index (χ1) is 11.6. The molecule has 0 aromatic carbocycles. The van der Waals surface area contributed by atoms with Crippen LogP contribution in [-0.4, -0.2) is 38.8 Å². The largest absolute Gasteiger partial charge is 0.302 e. The van der Waals surface area contributed by atoms with Crippen molar-refractivity contribution < 1.29 is 9.18 Å². The summed E-state index contributed by atoms with van der Waals surface area (Å²) in [5.74, 6) is 0.679. The van der Waals surface area contributed by atoms with Crippen LogP contribution >= 0.6 is 11.3 Å². The molecule has 3 rings (SSSR count). The summed E-state index contributed by atoms with van der Waals surface area (Å²) in [5.41, 5.74) is 0. The molecule has 1 N–H and O–H groups in total. The number of nitrogens with one attached hydrogen (secondary N) is 1. The molecule has 0 bridgehead atoms. The first-order valence-electron chi connectivity index (χ1n) is 7.99. The Labute approximate surface area is 144 Å². The van der Waals surface area contributed by atoms with Gasteiger partial charge in [-0.25, -0.2) is 19.3 Å². The van der Waals surface area contributed by atoms with Gasteiger partial charge < -0.3 is 5.32 Å². The number of hydrogen-bond donors (Lipinski definition) is 1. The van der Waals surface area contributed by atoms with E-state index in [9.17, 15) is 9.18 Å². The summed E-state index contributed by atoms with van der Waals surface area (Å²) >= 11 is 1.51. The number of carbonyl (C=O) groups excluding carboxylic acids is 1. The van der Waals surface area contributed by atoms with Gasteiger partial charge in [0.2, 0.25) is 5.91 Å². The molecule has 2 aromatic rings. The number of anilines is 1. The second-order valence-electron chi connectivity index (χ2n) is 6.08. The minimum absolute atomic E-state index is 0.103. The van der Waals surface area contributed by atoms with Crippen LogP contribution in [0.4, 0.5) is 9.52 Å². The highest BCUT2D eigenvalue weighted by atomic mass is 32.1. The maximum atomic E-state index is 12.9. The highest BCUT2D eigenvalue weighted by Crippen LogP contribution is 2.24. The second-order valence-corrected chi connectivity index (χ2v) is 7.19. The van der Waals surface area contributed by atoms with Gasteiger partial charge in [0.1, 0.15) is 5.82 Å². The number of hydrogen-bond acceptors (Lipinski definition) is 6. The molecule has 0 aliphatic carbocycles. The molecule has 1 aliphatic rings. The molecule has 0 unspecified atom stereocenters. The van der Waals surface area contributed by atoms with E-state index in [-0.39, 0.29) is 5.91 Å². The van der Waals surface area contributed by atoms with E-state index in [1.54, 1.807) is 0 Å². The molecule has 6 nitrogen and oxygen atoms in total. The first-order valence-corrected chi connectivity index (χ1v) is 8.81. The number of nitrogens with zero attached hydrogens (tertiary/aromatic N) is 4. The average Bonchev–Trinajstić information content (AvgIpc) is 2.96. The predicted molar refractivity (Wildman–Crippen MR) is 90.1 cm³/mol. The van der Waals surface area contributed by atoms with Crippen LogP contribution in [0.2, 0.25) is 0 Å². The molecule has 2 aromatic heterocycles. The average molecular weight is 349 g/mol. The summed E-state index contributed by atoms with van der Waals surface area (Å²) in [6.45, 7) is 4.33. The van der Waals surface area contributed by atoms with Gasteiger partial charge in [-0.15, -0.1) is 11.3 Å². The first kappa shape index (κ1) is 16.9. The Hall–Kier alpha value is -1.93. The molecule has 3 heterocycles. The maximum Gasteiger partial charge on any atom is 0.223 e. The third-order valence-corrected chi connectivity index (χ3v) is 4.86. The zero-order chi connectivity index (χ0) is 16.9. The molecule has 1 amide bonds. The number of amides is 1. The quantitative estimate of drug-likeness (QED) is 0.898. The lowest BCUT2D eigenvalue weighted by Gasteiger charge is -2.32. The molecule has 0 radical (unpaired) electrons. The van der Waals surface area contributed by atoms with Gasteiger partial charge in [-0.3, -0.25) is 9.69 Å². The zero-order valence-electron chi connectivity index (χ0n) is 13.5. The third kappa shape index (κ3) is 4.78. The van der Waals surface area contributed by atoms with Crippen LogP contribution in [0.25, 0.3) is 0 Å². The zero-order valence-corrected chi connectivity index (χ0v) is 14.4. The van der Waals surface area contributed by atoms with Crippen molar-refractivity contribution in [1.29, 1.82) is 0 Å². The molecule has 1 aliphatic heterocycles. The third-order valence-electron chi connectivity index (χ3n) is 3.96. The molecular formula is C16H20FN5OS. The fourth-order valence-electron chi connectivity index (χ4n) is 2.97. The standard InChI is InChI=1S/C16H20FN5OS/c1-11(23)21-16-20-8-14(24-16)10-22-4-2-3-12(9-22)5-15-18-6-13(17)7-19-15/h6-8,12H,2-5,9-10H2,1H3,(H,20,21,23)/t12-/m1/s1. The van der Waals surface area contributed by atoms with Crippen LogP contribution in [0.1, 0.15) is 30.5 Å². The Morgan fingerprint density at radius 3 is 2.92 bits per heavy atom. The molecular weight excluding hydrogens is 329 g/mol. The summed E-state index contributed by atoms with van der Waals surface area (Å²) in [6, 6.07) is 0. The lowest BCUT2D eigenvalue weighted by Crippen LogP contribution is -2.35. The highest BCUT2D eigenvalue weighted by molar-refractivity contribution is 7.15. The van der Waals surface area contributed by atoms with E-state index >= 15 is 0 Å². The highest BCUT2D eigenvalue weighted by Gasteiger charge is 2.21. The molecule has 0 saturated carbocycles. The molecule has 1 fully saturated rings. The summed E-state index contributed by atoms with van der Waals surface area (Å²) in [7, 11) is 0. The fourth-order valence-corrected chi connectivity index (χ4v) is 3.87. The monoisotopic (exact) mass is 349 g/mol. The van der Waals surface area contributed by atoms with Crippen LogP contribution < -0.4 is 5.32 Å². The Morgan fingerprint density at radius 1 is 1.38 bits per heavy atom. The SMILES string of the molecule is CC(=O)Nc1ncc(CN2CCC[C@H](Cc3ncc(F)cn3)C2)s1. The topological polar surface area (TPSA) is 71.0 Å². The molecule has 24 heavy (non-hydrogen) atoms. The minimum atomic E-state index is -0.399. The van der Waals surface area contributed by atoms with Gasteiger partial charge in [0.15, 0.2) is 10.9 Å².